The Morgan fingerprint density at radius 3 is 1.91 bits per heavy atom. The number of unbranched alkanes of at least 4 members (excludes halogenated alkanes) is 1. The van der Waals surface area contributed by atoms with Gasteiger partial charge in [-0.1, -0.05) is 0 Å². The molecule has 0 saturated carbocycles. The van der Waals surface area contributed by atoms with E-state index in [0.29, 0.717) is 0 Å². The van der Waals surface area contributed by atoms with Gasteiger partial charge >= 0.3 is 12.6 Å². The molecule has 0 N–H and O–H groups in total. The summed E-state index contributed by atoms with van der Waals surface area (Å²) in [5, 5.41) is 0. The van der Waals surface area contributed by atoms with E-state index in [4.69, 9.17) is 0 Å². The minimum atomic E-state index is -4.22. The van der Waals surface area contributed by atoms with E-state index in [9.17, 15) is 22.0 Å². The summed E-state index contributed by atoms with van der Waals surface area (Å²) < 4.78 is 56.7. The van der Waals surface area contributed by atoms with Crippen LogP contribution in [0.5, 0.6) is 0 Å². The minimum Gasteiger partial charge on any atom is -0.200 e. The molecule has 0 nitrogen and oxygen atoms in total. The maximum Gasteiger partial charge on any atom is 0.389 e. The van der Waals surface area contributed by atoms with Gasteiger partial charge in [-0.25, -0.2) is 0 Å². The summed E-state index contributed by atoms with van der Waals surface area (Å²) in [6.07, 6.45) is -7.82. The Bertz CT molecular complexity index is 95.6. The molecular formula is C6H8F5. The number of halogens is 5. The highest BCUT2D eigenvalue weighted by Gasteiger charge is 2.26. The van der Waals surface area contributed by atoms with Crippen LogP contribution < -0.4 is 0 Å². The van der Waals surface area contributed by atoms with E-state index in [2.05, 4.69) is 0 Å². The largest absolute Gasteiger partial charge is 0.389 e. The van der Waals surface area contributed by atoms with Crippen molar-refractivity contribution in [2.45, 2.75) is 31.9 Å². The molecule has 0 aromatic rings. The lowest BCUT2D eigenvalue weighted by molar-refractivity contribution is -0.135. The van der Waals surface area contributed by atoms with Crippen molar-refractivity contribution < 1.29 is 22.0 Å². The van der Waals surface area contributed by atoms with Crippen molar-refractivity contribution in [1.29, 1.82) is 0 Å². The van der Waals surface area contributed by atoms with Crippen molar-refractivity contribution in [3.63, 3.8) is 0 Å². The van der Waals surface area contributed by atoms with Crippen LogP contribution in [-0.4, -0.2) is 6.18 Å². The van der Waals surface area contributed by atoms with E-state index in [0.717, 1.165) is 0 Å². The fourth-order valence-electron chi connectivity index (χ4n) is 0.584. The molecule has 11 heavy (non-hydrogen) atoms. The second-order valence-corrected chi connectivity index (χ2v) is 2.16. The van der Waals surface area contributed by atoms with Crippen molar-refractivity contribution >= 4 is 0 Å². The van der Waals surface area contributed by atoms with Gasteiger partial charge in [-0.05, 0) is 12.8 Å². The van der Waals surface area contributed by atoms with E-state index in [-0.39, 0.29) is 12.8 Å². The van der Waals surface area contributed by atoms with Crippen molar-refractivity contribution in [2.75, 3.05) is 0 Å². The van der Waals surface area contributed by atoms with Crippen LogP contribution in [0.3, 0.4) is 0 Å². The lowest BCUT2D eigenvalue weighted by Gasteiger charge is -2.04. The predicted molar refractivity (Wildman–Crippen MR) is 30.0 cm³/mol. The lowest BCUT2D eigenvalue weighted by Crippen LogP contribution is -2.06. The Balaban J connectivity index is 3.15. The Morgan fingerprint density at radius 1 is 1.00 bits per heavy atom. The molecule has 0 rings (SSSR count). The zero-order chi connectivity index (χ0) is 8.91. The molecule has 0 bridgehead atoms. The van der Waals surface area contributed by atoms with E-state index in [1.165, 1.54) is 0 Å². The number of rotatable bonds is 4. The Kier molecular flexibility index (Phi) is 4.37. The van der Waals surface area contributed by atoms with Crippen molar-refractivity contribution in [2.24, 2.45) is 0 Å². The van der Waals surface area contributed by atoms with Crippen LogP contribution in [0.2, 0.25) is 0 Å². The summed E-state index contributed by atoms with van der Waals surface area (Å²) in [7, 11) is 0. The van der Waals surface area contributed by atoms with Gasteiger partial charge in [0.05, 0.1) is 0 Å². The number of hydrogen-bond acceptors (Lipinski definition) is 0. The van der Waals surface area contributed by atoms with Gasteiger partial charge in [0.25, 0.3) is 0 Å². The Morgan fingerprint density at radius 2 is 1.55 bits per heavy atom. The number of alkyl halides is 3. The van der Waals surface area contributed by atoms with Crippen LogP contribution in [-0.2, 0) is 0 Å². The molecule has 67 valence electrons. The highest BCUT2D eigenvalue weighted by Crippen LogP contribution is 2.24. The number of hydrogen-bond donors (Lipinski definition) is 0. The van der Waals surface area contributed by atoms with Gasteiger partial charge < -0.3 is 0 Å². The smallest absolute Gasteiger partial charge is 0.200 e. The monoisotopic (exact) mass is 175 g/mol. The molecule has 0 aliphatic heterocycles. The highest BCUT2D eigenvalue weighted by atomic mass is 19.4. The first-order valence-corrected chi connectivity index (χ1v) is 3.15. The van der Waals surface area contributed by atoms with Crippen LogP contribution in [0, 0.1) is 6.43 Å². The molecule has 0 atom stereocenters. The fourth-order valence-corrected chi connectivity index (χ4v) is 0.584. The summed E-state index contributed by atoms with van der Waals surface area (Å²) in [6, 6.07) is 0. The van der Waals surface area contributed by atoms with E-state index < -0.39 is 25.4 Å². The summed E-state index contributed by atoms with van der Waals surface area (Å²) in [5.74, 6) is 0. The molecule has 0 heterocycles. The average molecular weight is 175 g/mol. The summed E-state index contributed by atoms with van der Waals surface area (Å²) in [5.41, 5.74) is 0. The minimum absolute atomic E-state index is 0.0954. The molecule has 0 unspecified atom stereocenters. The van der Waals surface area contributed by atoms with Gasteiger partial charge in [0.2, 0.25) is 0 Å². The van der Waals surface area contributed by atoms with Crippen molar-refractivity contribution in [3.8, 4) is 0 Å². The summed E-state index contributed by atoms with van der Waals surface area (Å²) >= 11 is 0. The van der Waals surface area contributed by atoms with E-state index in [1.807, 2.05) is 0 Å². The molecule has 1 radical (unpaired) electrons. The average Bonchev–Trinajstić information content (AvgIpc) is 1.78. The Labute approximate surface area is 61.4 Å². The standard InChI is InChI=1S/C6H8F5/c7-5(8)3-1-2-4-6(9,10)11/h1-4H2. The van der Waals surface area contributed by atoms with Gasteiger partial charge in [-0.2, -0.15) is 22.0 Å². The first-order chi connectivity index (χ1) is 4.92. The van der Waals surface area contributed by atoms with Crippen LogP contribution in [0.1, 0.15) is 25.7 Å². The van der Waals surface area contributed by atoms with Crippen LogP contribution in [0.15, 0.2) is 0 Å². The predicted octanol–water partition coefficient (Wildman–Crippen LogP) is 3.54. The third-order valence-electron chi connectivity index (χ3n) is 1.08. The van der Waals surface area contributed by atoms with Crippen LogP contribution in [0.25, 0.3) is 0 Å². The fraction of sp³-hybridized carbons (Fsp3) is 0.833. The van der Waals surface area contributed by atoms with Gasteiger partial charge in [0.1, 0.15) is 0 Å². The lowest BCUT2D eigenvalue weighted by atomic mass is 10.2. The van der Waals surface area contributed by atoms with Crippen molar-refractivity contribution in [3.05, 3.63) is 6.43 Å². The normalized spacial score (nSPS) is 12.5. The second-order valence-electron chi connectivity index (χ2n) is 2.16. The maximum absolute atomic E-state index is 11.4. The van der Waals surface area contributed by atoms with Gasteiger partial charge in [-0.15, -0.1) is 0 Å². The van der Waals surface area contributed by atoms with Gasteiger partial charge in [0, 0.05) is 12.8 Å². The molecule has 0 aromatic heterocycles. The van der Waals surface area contributed by atoms with Crippen LogP contribution in [0.4, 0.5) is 22.0 Å². The zero-order valence-electron chi connectivity index (χ0n) is 5.72. The first kappa shape index (κ1) is 10.7. The SMILES string of the molecule is F[C](F)CCCCC(F)(F)F. The molecule has 0 amide bonds. The van der Waals surface area contributed by atoms with Crippen molar-refractivity contribution in [1.82, 2.24) is 0 Å². The topological polar surface area (TPSA) is 0 Å². The summed E-state index contributed by atoms with van der Waals surface area (Å²) in [4.78, 5) is 0. The van der Waals surface area contributed by atoms with Gasteiger partial charge in [0.15, 0.2) is 0 Å². The summed E-state index contributed by atoms with van der Waals surface area (Å²) in [6.45, 7) is 0. The molecular weight excluding hydrogens is 167 g/mol. The van der Waals surface area contributed by atoms with E-state index >= 15 is 0 Å². The first-order valence-electron chi connectivity index (χ1n) is 3.15. The highest BCUT2D eigenvalue weighted by molar-refractivity contribution is 4.60. The Hall–Kier alpha value is -0.350. The van der Waals surface area contributed by atoms with E-state index in [1.54, 1.807) is 0 Å². The zero-order valence-corrected chi connectivity index (χ0v) is 5.72. The molecule has 0 saturated heterocycles. The molecule has 5 heteroatoms. The third kappa shape index (κ3) is 9.65. The third-order valence-corrected chi connectivity index (χ3v) is 1.08. The second kappa shape index (κ2) is 4.51. The molecule has 0 spiro atoms. The molecule has 0 aliphatic rings. The van der Waals surface area contributed by atoms with Gasteiger partial charge in [-0.3, -0.25) is 0 Å². The molecule has 0 fully saturated rings. The quantitative estimate of drug-likeness (QED) is 0.452. The molecule has 0 aromatic carbocycles. The van der Waals surface area contributed by atoms with Crippen LogP contribution >= 0.6 is 0 Å². The molecule has 0 aliphatic carbocycles. The maximum atomic E-state index is 11.4.